The molecule has 0 heterocycles. The van der Waals surface area contributed by atoms with Gasteiger partial charge in [0, 0.05) is 6.54 Å². The van der Waals surface area contributed by atoms with E-state index in [9.17, 15) is 20.1 Å². The number of carbonyl (C=O) groups is 1. The van der Waals surface area contributed by atoms with Gasteiger partial charge in [0.15, 0.2) is 0 Å². The fraction of sp³-hybridized carbons (Fsp3) is 0.588. The van der Waals surface area contributed by atoms with Crippen LogP contribution in [0.2, 0.25) is 0 Å². The number of nitrogens with one attached hydrogen (secondary N) is 1. The number of hydrogen-bond donors (Lipinski definition) is 4. The molecule has 1 aromatic rings. The molecule has 0 aliphatic heterocycles. The summed E-state index contributed by atoms with van der Waals surface area (Å²) in [7, 11) is 0. The first-order valence-electron chi connectivity index (χ1n) is 7.68. The summed E-state index contributed by atoms with van der Waals surface area (Å²) in [5.41, 5.74) is 1.45. The van der Waals surface area contributed by atoms with Crippen LogP contribution in [0.25, 0.3) is 0 Å². The van der Waals surface area contributed by atoms with Gasteiger partial charge in [-0.15, -0.1) is 0 Å². The van der Waals surface area contributed by atoms with Crippen molar-refractivity contribution in [1.82, 2.24) is 5.32 Å². The second-order valence-electron chi connectivity index (χ2n) is 6.52. The molecule has 0 fully saturated rings. The quantitative estimate of drug-likeness (QED) is 0.639. The summed E-state index contributed by atoms with van der Waals surface area (Å²) in [6.45, 7) is 7.15. The number of aliphatic hydroxyl groups is 3. The maximum atomic E-state index is 11.5. The van der Waals surface area contributed by atoms with Crippen molar-refractivity contribution < 1.29 is 24.9 Å². The summed E-state index contributed by atoms with van der Waals surface area (Å²) in [5.74, 6) is 0. The summed E-state index contributed by atoms with van der Waals surface area (Å²) >= 11 is 0. The van der Waals surface area contributed by atoms with E-state index in [0.29, 0.717) is 11.1 Å². The van der Waals surface area contributed by atoms with E-state index < -0.39 is 23.9 Å². The summed E-state index contributed by atoms with van der Waals surface area (Å²) in [5, 5.41) is 32.2. The van der Waals surface area contributed by atoms with Crippen LogP contribution in [0.3, 0.4) is 0 Å². The summed E-state index contributed by atoms with van der Waals surface area (Å²) < 4.78 is 5.09. The average Bonchev–Trinajstić information content (AvgIpc) is 2.44. The van der Waals surface area contributed by atoms with Gasteiger partial charge in [-0.3, -0.25) is 0 Å². The van der Waals surface area contributed by atoms with Crippen LogP contribution in [0.15, 0.2) is 18.2 Å². The Labute approximate surface area is 137 Å². The Morgan fingerprint density at radius 1 is 1.30 bits per heavy atom. The van der Waals surface area contributed by atoms with Crippen LogP contribution in [-0.2, 0) is 11.3 Å². The van der Waals surface area contributed by atoms with Crippen molar-refractivity contribution in [2.45, 2.75) is 58.5 Å². The van der Waals surface area contributed by atoms with Crippen molar-refractivity contribution >= 4 is 6.09 Å². The molecule has 6 heteroatoms. The van der Waals surface area contributed by atoms with Gasteiger partial charge in [0.25, 0.3) is 0 Å². The van der Waals surface area contributed by atoms with E-state index in [4.69, 9.17) is 4.74 Å². The number of carbonyl (C=O) groups excluding carboxylic acids is 1. The van der Waals surface area contributed by atoms with Gasteiger partial charge >= 0.3 is 6.09 Å². The standard InChI is InChI=1S/C17H27NO5/c1-11-12(10-19)6-5-7-13(11)15(21)14(20)8-9-18-16(22)23-17(2,3)4/h5-7,14-15,19-21H,8-10H2,1-4H3,(H,18,22). The van der Waals surface area contributed by atoms with Crippen molar-refractivity contribution in [2.75, 3.05) is 6.54 Å². The maximum absolute atomic E-state index is 11.5. The molecule has 1 amide bonds. The van der Waals surface area contributed by atoms with Crippen molar-refractivity contribution in [3.63, 3.8) is 0 Å². The molecule has 0 aliphatic carbocycles. The smallest absolute Gasteiger partial charge is 0.407 e. The number of hydrogen-bond acceptors (Lipinski definition) is 5. The van der Waals surface area contributed by atoms with Crippen molar-refractivity contribution in [1.29, 1.82) is 0 Å². The fourth-order valence-corrected chi connectivity index (χ4v) is 2.20. The molecule has 2 atom stereocenters. The first-order valence-corrected chi connectivity index (χ1v) is 7.68. The maximum Gasteiger partial charge on any atom is 0.407 e. The number of amides is 1. The molecule has 0 saturated carbocycles. The van der Waals surface area contributed by atoms with Gasteiger partial charge in [-0.1, -0.05) is 18.2 Å². The molecule has 0 spiro atoms. The van der Waals surface area contributed by atoms with E-state index in [1.807, 2.05) is 0 Å². The van der Waals surface area contributed by atoms with E-state index in [1.165, 1.54) is 0 Å². The first kappa shape index (κ1) is 19.4. The third-order valence-corrected chi connectivity index (χ3v) is 3.45. The fourth-order valence-electron chi connectivity index (χ4n) is 2.20. The van der Waals surface area contributed by atoms with Crippen LogP contribution >= 0.6 is 0 Å². The van der Waals surface area contributed by atoms with Crippen LogP contribution < -0.4 is 5.32 Å². The number of ether oxygens (including phenoxy) is 1. The average molecular weight is 325 g/mol. The second-order valence-corrected chi connectivity index (χ2v) is 6.52. The van der Waals surface area contributed by atoms with E-state index >= 15 is 0 Å². The molecule has 0 aliphatic rings. The van der Waals surface area contributed by atoms with Gasteiger partial charge in [0.1, 0.15) is 11.7 Å². The highest BCUT2D eigenvalue weighted by atomic mass is 16.6. The molecule has 1 aromatic carbocycles. The molecular weight excluding hydrogens is 298 g/mol. The second kappa shape index (κ2) is 8.29. The van der Waals surface area contributed by atoms with Gasteiger partial charge < -0.3 is 25.4 Å². The molecule has 0 bridgehead atoms. The zero-order chi connectivity index (χ0) is 17.6. The minimum Gasteiger partial charge on any atom is -0.444 e. The van der Waals surface area contributed by atoms with Crippen LogP contribution in [0.5, 0.6) is 0 Å². The van der Waals surface area contributed by atoms with Crippen LogP contribution in [0, 0.1) is 6.92 Å². The zero-order valence-corrected chi connectivity index (χ0v) is 14.2. The van der Waals surface area contributed by atoms with E-state index in [2.05, 4.69) is 5.32 Å². The van der Waals surface area contributed by atoms with Gasteiger partial charge in [0.2, 0.25) is 0 Å². The lowest BCUT2D eigenvalue weighted by Gasteiger charge is -2.22. The summed E-state index contributed by atoms with van der Waals surface area (Å²) in [6, 6.07) is 5.20. The van der Waals surface area contributed by atoms with Gasteiger partial charge in [-0.2, -0.15) is 0 Å². The molecule has 6 nitrogen and oxygen atoms in total. The van der Waals surface area contributed by atoms with Gasteiger partial charge in [-0.05, 0) is 50.8 Å². The first-order chi connectivity index (χ1) is 10.7. The van der Waals surface area contributed by atoms with Crippen LogP contribution in [0.4, 0.5) is 4.79 Å². The number of alkyl carbamates (subject to hydrolysis) is 1. The topological polar surface area (TPSA) is 99.0 Å². The minimum absolute atomic E-state index is 0.122. The van der Waals surface area contributed by atoms with E-state index in [1.54, 1.807) is 45.9 Å². The molecule has 1 rings (SSSR count). The predicted octanol–water partition coefficient (Wildman–Crippen LogP) is 1.80. The number of rotatable bonds is 6. The van der Waals surface area contributed by atoms with Crippen molar-refractivity contribution in [3.05, 3.63) is 34.9 Å². The lowest BCUT2D eigenvalue weighted by Crippen LogP contribution is -2.34. The summed E-state index contributed by atoms with van der Waals surface area (Å²) in [6.07, 6.45) is -2.49. The van der Waals surface area contributed by atoms with Crippen molar-refractivity contribution in [2.24, 2.45) is 0 Å². The minimum atomic E-state index is -1.08. The predicted molar refractivity (Wildman–Crippen MR) is 86.9 cm³/mol. The van der Waals surface area contributed by atoms with Crippen LogP contribution in [0.1, 0.15) is 50.0 Å². The lowest BCUT2D eigenvalue weighted by atomic mass is 9.95. The third kappa shape index (κ3) is 6.17. The Morgan fingerprint density at radius 3 is 2.52 bits per heavy atom. The normalized spacial score (nSPS) is 14.2. The molecule has 130 valence electrons. The molecule has 0 radical (unpaired) electrons. The highest BCUT2D eigenvalue weighted by Gasteiger charge is 2.21. The number of aliphatic hydroxyl groups excluding tert-OH is 3. The van der Waals surface area contributed by atoms with Gasteiger partial charge in [0.05, 0.1) is 12.7 Å². The Kier molecular flexibility index (Phi) is 7.00. The Morgan fingerprint density at radius 2 is 1.96 bits per heavy atom. The molecular formula is C17H27NO5. The third-order valence-electron chi connectivity index (χ3n) is 3.45. The number of benzene rings is 1. The molecule has 23 heavy (non-hydrogen) atoms. The highest BCUT2D eigenvalue weighted by molar-refractivity contribution is 5.67. The monoisotopic (exact) mass is 325 g/mol. The Balaban J connectivity index is 2.55. The molecule has 0 saturated heterocycles. The largest absolute Gasteiger partial charge is 0.444 e. The summed E-state index contributed by atoms with van der Waals surface area (Å²) in [4.78, 5) is 11.5. The Bertz CT molecular complexity index is 524. The SMILES string of the molecule is Cc1c(CO)cccc1C(O)C(O)CCNC(=O)OC(C)(C)C. The lowest BCUT2D eigenvalue weighted by molar-refractivity contribution is 0.0118. The molecule has 2 unspecified atom stereocenters. The van der Waals surface area contributed by atoms with Crippen LogP contribution in [-0.4, -0.2) is 39.7 Å². The van der Waals surface area contributed by atoms with E-state index in [-0.39, 0.29) is 19.6 Å². The van der Waals surface area contributed by atoms with Gasteiger partial charge in [-0.25, -0.2) is 4.79 Å². The Hall–Kier alpha value is -1.63. The zero-order valence-electron chi connectivity index (χ0n) is 14.2. The van der Waals surface area contributed by atoms with E-state index in [0.717, 1.165) is 5.56 Å². The molecule has 0 aromatic heterocycles. The molecule has 4 N–H and O–H groups in total. The van der Waals surface area contributed by atoms with Crippen molar-refractivity contribution in [3.8, 4) is 0 Å². The highest BCUT2D eigenvalue weighted by Crippen LogP contribution is 2.24.